The number of benzene rings is 1. The van der Waals surface area contributed by atoms with Crippen LogP contribution >= 0.6 is 0 Å². The quantitative estimate of drug-likeness (QED) is 0.605. The van der Waals surface area contributed by atoms with Crippen LogP contribution in [0.3, 0.4) is 0 Å². The van der Waals surface area contributed by atoms with Crippen molar-refractivity contribution in [2.24, 2.45) is 11.8 Å². The molecule has 1 saturated carbocycles. The van der Waals surface area contributed by atoms with E-state index in [0.717, 1.165) is 11.8 Å². The summed E-state index contributed by atoms with van der Waals surface area (Å²) in [5.41, 5.74) is 2.97. The molecule has 0 radical (unpaired) electrons. The van der Waals surface area contributed by atoms with Gasteiger partial charge >= 0.3 is 0 Å². The van der Waals surface area contributed by atoms with E-state index in [1.165, 1.54) is 17.5 Å². The van der Waals surface area contributed by atoms with Crippen LogP contribution in [-0.4, -0.2) is 0 Å². The third kappa shape index (κ3) is 0.543. The third-order valence-corrected chi connectivity index (χ3v) is 4.63. The van der Waals surface area contributed by atoms with E-state index in [1.807, 2.05) is 0 Å². The van der Waals surface area contributed by atoms with Crippen LogP contribution in [0.15, 0.2) is 24.3 Å². The van der Waals surface area contributed by atoms with Crippen LogP contribution < -0.4 is 0 Å². The maximum atomic E-state index is 6.28. The number of hydrogen-bond donors (Lipinski definition) is 0. The fourth-order valence-corrected chi connectivity index (χ4v) is 3.86. The predicted molar refractivity (Wildman–Crippen MR) is 53.8 cm³/mol. The Morgan fingerprint density at radius 2 is 1.57 bits per heavy atom. The summed E-state index contributed by atoms with van der Waals surface area (Å²) in [5, 5.41) is 0. The first kappa shape index (κ1) is 7.47. The van der Waals surface area contributed by atoms with E-state index < -0.39 is 0 Å². The first-order valence-electron chi connectivity index (χ1n) is 5.46. The van der Waals surface area contributed by atoms with Crippen molar-refractivity contribution in [1.82, 2.24) is 0 Å². The molecule has 1 nitrogen and oxygen atoms in total. The molecule has 4 rings (SSSR count). The molecule has 1 saturated heterocycles. The van der Waals surface area contributed by atoms with Crippen molar-refractivity contribution in [2.75, 3.05) is 0 Å². The lowest BCUT2D eigenvalue weighted by Crippen LogP contribution is -2.22. The zero-order chi connectivity index (χ0) is 9.55. The van der Waals surface area contributed by atoms with Gasteiger partial charge in [0.25, 0.3) is 0 Å². The second-order valence-electron chi connectivity index (χ2n) is 5.31. The number of fused-ring (bicyclic) bond motifs is 8. The summed E-state index contributed by atoms with van der Waals surface area (Å²) in [7, 11) is 0. The molecule has 4 atom stereocenters. The highest BCUT2D eigenvalue weighted by Gasteiger charge is 2.73. The highest BCUT2D eigenvalue weighted by Crippen LogP contribution is 2.74. The Morgan fingerprint density at radius 3 is 2.07 bits per heavy atom. The second kappa shape index (κ2) is 1.79. The van der Waals surface area contributed by atoms with Gasteiger partial charge in [-0.25, -0.2) is 0 Å². The molecule has 2 fully saturated rings. The van der Waals surface area contributed by atoms with Gasteiger partial charge in [0.15, 0.2) is 0 Å². The SMILES string of the molecule is CC12OC(C)(c3ccccc31)C1CC12. The van der Waals surface area contributed by atoms with E-state index >= 15 is 0 Å². The van der Waals surface area contributed by atoms with Gasteiger partial charge in [0, 0.05) is 0 Å². The number of ether oxygens (including phenoxy) is 1. The molecule has 2 bridgehead atoms. The number of rotatable bonds is 0. The zero-order valence-electron chi connectivity index (χ0n) is 8.58. The Balaban J connectivity index is 2.08. The molecular weight excluding hydrogens is 172 g/mol. The van der Waals surface area contributed by atoms with Crippen LogP contribution in [0, 0.1) is 11.8 Å². The molecule has 72 valence electrons. The van der Waals surface area contributed by atoms with Gasteiger partial charge < -0.3 is 4.74 Å². The molecule has 4 unspecified atom stereocenters. The summed E-state index contributed by atoms with van der Waals surface area (Å²) in [6.07, 6.45) is 1.36. The predicted octanol–water partition coefficient (Wildman–Crippen LogP) is 2.80. The van der Waals surface area contributed by atoms with E-state index in [4.69, 9.17) is 4.74 Å². The lowest BCUT2D eigenvalue weighted by molar-refractivity contribution is -0.0968. The van der Waals surface area contributed by atoms with Gasteiger partial charge in [-0.05, 0) is 43.2 Å². The molecule has 2 aliphatic heterocycles. The van der Waals surface area contributed by atoms with Crippen molar-refractivity contribution in [1.29, 1.82) is 0 Å². The normalized spacial score (nSPS) is 51.6. The average molecular weight is 186 g/mol. The van der Waals surface area contributed by atoms with E-state index in [-0.39, 0.29) is 11.2 Å². The van der Waals surface area contributed by atoms with Crippen molar-refractivity contribution < 1.29 is 4.74 Å². The van der Waals surface area contributed by atoms with Crippen molar-refractivity contribution in [3.05, 3.63) is 35.4 Å². The van der Waals surface area contributed by atoms with Gasteiger partial charge in [-0.1, -0.05) is 24.3 Å². The molecule has 14 heavy (non-hydrogen) atoms. The first-order chi connectivity index (χ1) is 6.66. The molecular formula is C13H14O. The molecule has 1 heteroatoms. The minimum Gasteiger partial charge on any atom is -0.359 e. The monoisotopic (exact) mass is 186 g/mol. The Kier molecular flexibility index (Phi) is 0.954. The van der Waals surface area contributed by atoms with Gasteiger partial charge in [-0.2, -0.15) is 0 Å². The minimum absolute atomic E-state index is 0.0377. The maximum Gasteiger partial charge on any atom is 0.0951 e. The molecule has 1 aliphatic carbocycles. The molecule has 2 heterocycles. The summed E-state index contributed by atoms with van der Waals surface area (Å²) in [4.78, 5) is 0. The highest BCUT2D eigenvalue weighted by molar-refractivity contribution is 5.48. The van der Waals surface area contributed by atoms with E-state index in [9.17, 15) is 0 Å². The molecule has 3 aliphatic rings. The first-order valence-corrected chi connectivity index (χ1v) is 5.46. The fraction of sp³-hybridized carbons (Fsp3) is 0.538. The third-order valence-electron chi connectivity index (χ3n) is 4.63. The Bertz CT molecular complexity index is 400. The van der Waals surface area contributed by atoms with Crippen molar-refractivity contribution in [3.63, 3.8) is 0 Å². The van der Waals surface area contributed by atoms with E-state index in [2.05, 4.69) is 38.1 Å². The summed E-state index contributed by atoms with van der Waals surface area (Å²) < 4.78 is 6.28. The van der Waals surface area contributed by atoms with E-state index in [1.54, 1.807) is 0 Å². The van der Waals surface area contributed by atoms with Crippen LogP contribution in [0.4, 0.5) is 0 Å². The Labute approximate surface area is 84.1 Å². The average Bonchev–Trinajstić information content (AvgIpc) is 2.90. The largest absolute Gasteiger partial charge is 0.359 e. The van der Waals surface area contributed by atoms with Crippen LogP contribution in [-0.2, 0) is 15.9 Å². The van der Waals surface area contributed by atoms with Crippen molar-refractivity contribution >= 4 is 0 Å². The second-order valence-corrected chi connectivity index (χ2v) is 5.31. The Morgan fingerprint density at radius 1 is 1.07 bits per heavy atom. The maximum absolute atomic E-state index is 6.28. The van der Waals surface area contributed by atoms with E-state index in [0.29, 0.717) is 0 Å². The fourth-order valence-electron chi connectivity index (χ4n) is 3.86. The molecule has 1 aromatic rings. The molecule has 0 amide bonds. The van der Waals surface area contributed by atoms with Gasteiger partial charge in [0.05, 0.1) is 11.2 Å². The van der Waals surface area contributed by atoms with Crippen LogP contribution in [0.5, 0.6) is 0 Å². The lowest BCUT2D eigenvalue weighted by atomic mass is 9.78. The van der Waals surface area contributed by atoms with Crippen molar-refractivity contribution in [2.45, 2.75) is 31.5 Å². The summed E-state index contributed by atoms with van der Waals surface area (Å²) in [6, 6.07) is 8.76. The molecule has 0 N–H and O–H groups in total. The smallest absolute Gasteiger partial charge is 0.0951 e. The van der Waals surface area contributed by atoms with Crippen molar-refractivity contribution in [3.8, 4) is 0 Å². The van der Waals surface area contributed by atoms with Crippen LogP contribution in [0.1, 0.15) is 31.4 Å². The molecule has 1 aromatic carbocycles. The zero-order valence-corrected chi connectivity index (χ0v) is 8.58. The summed E-state index contributed by atoms with van der Waals surface area (Å²) in [6.45, 7) is 4.55. The summed E-state index contributed by atoms with van der Waals surface area (Å²) in [5.74, 6) is 1.59. The van der Waals surface area contributed by atoms with Crippen LogP contribution in [0.2, 0.25) is 0 Å². The lowest BCUT2D eigenvalue weighted by Gasteiger charge is -2.23. The number of hydrogen-bond acceptors (Lipinski definition) is 1. The Hall–Kier alpha value is -0.820. The van der Waals surface area contributed by atoms with Crippen LogP contribution in [0.25, 0.3) is 0 Å². The van der Waals surface area contributed by atoms with Gasteiger partial charge in [-0.15, -0.1) is 0 Å². The highest BCUT2D eigenvalue weighted by atomic mass is 16.5. The minimum atomic E-state index is 0.0377. The standard InChI is InChI=1S/C13H14O/c1-12-8-5-3-4-6-9(8)13(2,14-12)11-7-10(11)12/h3-6,10-11H,7H2,1-2H3. The van der Waals surface area contributed by atoms with Gasteiger partial charge in [-0.3, -0.25) is 0 Å². The molecule has 0 spiro atoms. The topological polar surface area (TPSA) is 9.23 Å². The molecule has 0 aromatic heterocycles. The summed E-state index contributed by atoms with van der Waals surface area (Å²) >= 11 is 0. The van der Waals surface area contributed by atoms with Gasteiger partial charge in [0.1, 0.15) is 0 Å². The van der Waals surface area contributed by atoms with Gasteiger partial charge in [0.2, 0.25) is 0 Å².